The van der Waals surface area contributed by atoms with Crippen molar-refractivity contribution >= 4 is 33.0 Å². The van der Waals surface area contributed by atoms with Gasteiger partial charge in [0, 0.05) is 23.1 Å². The molecule has 5 heteroatoms. The molecule has 0 unspecified atom stereocenters. The van der Waals surface area contributed by atoms with Gasteiger partial charge in [-0.3, -0.25) is 9.48 Å². The molecule has 0 saturated carbocycles. The Labute approximate surface area is 114 Å². The summed E-state index contributed by atoms with van der Waals surface area (Å²) in [6.07, 6.45) is 1.80. The lowest BCUT2D eigenvalue weighted by Crippen LogP contribution is -2.13. The molecule has 2 aromatic heterocycles. The molecular formula is C14H13N3OS. The van der Waals surface area contributed by atoms with E-state index in [0.717, 1.165) is 17.6 Å². The van der Waals surface area contributed by atoms with Gasteiger partial charge in [-0.2, -0.15) is 5.10 Å². The maximum Gasteiger partial charge on any atom is 0.276 e. The Balaban J connectivity index is 1.81. The zero-order valence-corrected chi connectivity index (χ0v) is 11.3. The summed E-state index contributed by atoms with van der Waals surface area (Å²) in [7, 11) is 0. The topological polar surface area (TPSA) is 46.9 Å². The molecule has 0 saturated heterocycles. The van der Waals surface area contributed by atoms with Crippen molar-refractivity contribution in [2.24, 2.45) is 0 Å². The number of thiophene rings is 1. The lowest BCUT2D eigenvalue weighted by Gasteiger charge is -2.03. The minimum absolute atomic E-state index is 0.179. The van der Waals surface area contributed by atoms with E-state index in [1.165, 1.54) is 4.70 Å². The fourth-order valence-electron chi connectivity index (χ4n) is 1.90. The number of hydrogen-bond acceptors (Lipinski definition) is 3. The van der Waals surface area contributed by atoms with Crippen molar-refractivity contribution in [2.45, 2.75) is 13.5 Å². The number of rotatable bonds is 3. The van der Waals surface area contributed by atoms with E-state index in [2.05, 4.69) is 10.4 Å². The summed E-state index contributed by atoms with van der Waals surface area (Å²) in [5.74, 6) is -0.179. The average Bonchev–Trinajstić information content (AvgIpc) is 3.06. The maximum atomic E-state index is 12.0. The minimum atomic E-state index is -0.179. The monoisotopic (exact) mass is 271 g/mol. The summed E-state index contributed by atoms with van der Waals surface area (Å²) >= 11 is 1.69. The van der Waals surface area contributed by atoms with Crippen LogP contribution in [0.15, 0.2) is 41.9 Å². The largest absolute Gasteiger partial charge is 0.321 e. The molecular weight excluding hydrogens is 258 g/mol. The summed E-state index contributed by atoms with van der Waals surface area (Å²) in [6.45, 7) is 2.74. The van der Waals surface area contributed by atoms with Gasteiger partial charge in [-0.15, -0.1) is 11.3 Å². The van der Waals surface area contributed by atoms with E-state index in [1.54, 1.807) is 28.3 Å². The zero-order chi connectivity index (χ0) is 13.2. The first kappa shape index (κ1) is 11.9. The molecule has 1 amide bonds. The van der Waals surface area contributed by atoms with E-state index >= 15 is 0 Å². The summed E-state index contributed by atoms with van der Waals surface area (Å²) in [5.41, 5.74) is 1.23. The highest BCUT2D eigenvalue weighted by Gasteiger charge is 2.09. The molecule has 3 aromatic rings. The van der Waals surface area contributed by atoms with E-state index in [-0.39, 0.29) is 5.91 Å². The van der Waals surface area contributed by atoms with Crippen LogP contribution in [0.25, 0.3) is 10.1 Å². The Hall–Kier alpha value is -2.14. The fraction of sp³-hybridized carbons (Fsp3) is 0.143. The van der Waals surface area contributed by atoms with Crippen molar-refractivity contribution in [2.75, 3.05) is 5.32 Å². The summed E-state index contributed by atoms with van der Waals surface area (Å²) in [5, 5.41) is 10.2. The standard InChI is InChI=1S/C14H13N3OS/c1-2-17-7-5-12(16-17)14(18)15-11-3-4-13-10(9-11)6-8-19-13/h3-9H,2H2,1H3,(H,15,18). The van der Waals surface area contributed by atoms with Crippen molar-refractivity contribution in [1.82, 2.24) is 9.78 Å². The molecule has 0 fully saturated rings. The van der Waals surface area contributed by atoms with Crippen molar-refractivity contribution in [3.8, 4) is 0 Å². The molecule has 1 N–H and O–H groups in total. The number of benzene rings is 1. The van der Waals surface area contributed by atoms with Crippen LogP contribution in [0.4, 0.5) is 5.69 Å². The predicted molar refractivity (Wildman–Crippen MR) is 77.7 cm³/mol. The van der Waals surface area contributed by atoms with Crippen LogP contribution in [0.5, 0.6) is 0 Å². The van der Waals surface area contributed by atoms with Crippen molar-refractivity contribution in [1.29, 1.82) is 0 Å². The molecule has 1 aromatic carbocycles. The number of nitrogens with one attached hydrogen (secondary N) is 1. The maximum absolute atomic E-state index is 12.0. The lowest BCUT2D eigenvalue weighted by atomic mass is 10.2. The quantitative estimate of drug-likeness (QED) is 0.794. The second kappa shape index (κ2) is 4.85. The van der Waals surface area contributed by atoms with E-state index < -0.39 is 0 Å². The molecule has 0 aliphatic heterocycles. The fourth-order valence-corrected chi connectivity index (χ4v) is 2.67. The van der Waals surface area contributed by atoms with Gasteiger partial charge >= 0.3 is 0 Å². The first-order valence-electron chi connectivity index (χ1n) is 6.08. The summed E-state index contributed by atoms with van der Waals surface area (Å²) in [4.78, 5) is 12.0. The van der Waals surface area contributed by atoms with E-state index in [9.17, 15) is 4.79 Å². The SMILES string of the molecule is CCn1ccc(C(=O)Nc2ccc3sccc3c2)n1. The third-order valence-corrected chi connectivity index (χ3v) is 3.81. The van der Waals surface area contributed by atoms with Gasteiger partial charge in [-0.1, -0.05) is 0 Å². The Morgan fingerprint density at radius 3 is 3.05 bits per heavy atom. The number of aromatic nitrogens is 2. The van der Waals surface area contributed by atoms with Gasteiger partial charge in [0.25, 0.3) is 5.91 Å². The molecule has 0 aliphatic carbocycles. The molecule has 0 radical (unpaired) electrons. The Morgan fingerprint density at radius 2 is 2.26 bits per heavy atom. The molecule has 3 rings (SSSR count). The summed E-state index contributed by atoms with van der Waals surface area (Å²) < 4.78 is 2.95. The minimum Gasteiger partial charge on any atom is -0.321 e. The van der Waals surface area contributed by atoms with Gasteiger partial charge in [0.05, 0.1) is 0 Å². The molecule has 0 bridgehead atoms. The third-order valence-electron chi connectivity index (χ3n) is 2.91. The van der Waals surface area contributed by atoms with Gasteiger partial charge in [-0.05, 0) is 48.0 Å². The Kier molecular flexibility index (Phi) is 3.05. The van der Waals surface area contributed by atoms with Crippen molar-refractivity contribution < 1.29 is 4.79 Å². The molecule has 0 spiro atoms. The van der Waals surface area contributed by atoms with E-state index in [4.69, 9.17) is 0 Å². The van der Waals surface area contributed by atoms with Crippen LogP contribution in [0.3, 0.4) is 0 Å². The molecule has 2 heterocycles. The van der Waals surface area contributed by atoms with Gasteiger partial charge in [-0.25, -0.2) is 0 Å². The average molecular weight is 271 g/mol. The van der Waals surface area contributed by atoms with Gasteiger partial charge in [0.1, 0.15) is 0 Å². The number of anilines is 1. The number of carbonyl (C=O) groups excluding carboxylic acids is 1. The highest BCUT2D eigenvalue weighted by atomic mass is 32.1. The Bertz CT molecular complexity index is 729. The zero-order valence-electron chi connectivity index (χ0n) is 10.5. The Morgan fingerprint density at radius 1 is 1.37 bits per heavy atom. The van der Waals surface area contributed by atoms with E-state index in [0.29, 0.717) is 5.69 Å². The van der Waals surface area contributed by atoms with Crippen molar-refractivity contribution in [3.63, 3.8) is 0 Å². The van der Waals surface area contributed by atoms with Crippen LogP contribution in [-0.4, -0.2) is 15.7 Å². The highest BCUT2D eigenvalue weighted by molar-refractivity contribution is 7.17. The first-order chi connectivity index (χ1) is 9.26. The second-order valence-corrected chi connectivity index (χ2v) is 5.13. The van der Waals surface area contributed by atoms with Gasteiger partial charge in [0.15, 0.2) is 5.69 Å². The van der Waals surface area contributed by atoms with Crippen LogP contribution in [-0.2, 0) is 6.54 Å². The first-order valence-corrected chi connectivity index (χ1v) is 6.96. The van der Waals surface area contributed by atoms with Crippen LogP contribution in [0.2, 0.25) is 0 Å². The predicted octanol–water partition coefficient (Wildman–Crippen LogP) is 3.37. The van der Waals surface area contributed by atoms with Gasteiger partial charge < -0.3 is 5.32 Å². The number of hydrogen-bond donors (Lipinski definition) is 1. The van der Waals surface area contributed by atoms with Crippen molar-refractivity contribution in [3.05, 3.63) is 47.6 Å². The molecule has 0 aliphatic rings. The number of amides is 1. The van der Waals surface area contributed by atoms with Gasteiger partial charge in [0.2, 0.25) is 0 Å². The number of carbonyl (C=O) groups is 1. The molecule has 96 valence electrons. The van der Waals surface area contributed by atoms with Crippen LogP contribution >= 0.6 is 11.3 Å². The normalized spacial score (nSPS) is 10.8. The third kappa shape index (κ3) is 2.37. The number of aryl methyl sites for hydroxylation is 1. The summed E-state index contributed by atoms with van der Waals surface area (Å²) in [6, 6.07) is 9.66. The smallest absolute Gasteiger partial charge is 0.276 e. The number of nitrogens with zero attached hydrogens (tertiary/aromatic N) is 2. The molecule has 4 nitrogen and oxygen atoms in total. The highest BCUT2D eigenvalue weighted by Crippen LogP contribution is 2.24. The lowest BCUT2D eigenvalue weighted by molar-refractivity contribution is 0.102. The molecule has 0 atom stereocenters. The van der Waals surface area contributed by atoms with Crippen LogP contribution in [0.1, 0.15) is 17.4 Å². The van der Waals surface area contributed by atoms with Crippen LogP contribution < -0.4 is 5.32 Å². The number of fused-ring (bicyclic) bond motifs is 1. The van der Waals surface area contributed by atoms with Crippen LogP contribution in [0, 0.1) is 0 Å². The second-order valence-electron chi connectivity index (χ2n) is 4.18. The van der Waals surface area contributed by atoms with E-state index in [1.807, 2.05) is 36.6 Å². The molecule has 19 heavy (non-hydrogen) atoms.